The Hall–Kier alpha value is -2.66. The van der Waals surface area contributed by atoms with E-state index in [2.05, 4.69) is 4.99 Å². The van der Waals surface area contributed by atoms with Crippen LogP contribution in [0, 0.1) is 6.92 Å². The van der Waals surface area contributed by atoms with Crippen LogP contribution in [-0.4, -0.2) is 69.9 Å². The van der Waals surface area contributed by atoms with Crippen molar-refractivity contribution in [3.8, 4) is 0 Å². The van der Waals surface area contributed by atoms with Gasteiger partial charge in [0.25, 0.3) is 5.56 Å². The minimum atomic E-state index is -1.25. The highest BCUT2D eigenvalue weighted by molar-refractivity contribution is 7.18. The second-order valence-electron chi connectivity index (χ2n) is 7.56. The first-order chi connectivity index (χ1) is 14.2. The number of likely N-dealkylation sites (N-methyl/N-ethyl adjacent to an activating group) is 1. The summed E-state index contributed by atoms with van der Waals surface area (Å²) >= 11 is 1.39. The fourth-order valence-corrected chi connectivity index (χ4v) is 5.00. The highest BCUT2D eigenvalue weighted by Gasteiger charge is 2.27. The van der Waals surface area contributed by atoms with E-state index in [4.69, 9.17) is 9.84 Å². The number of methoxy groups -OCH3 is 1. The zero-order chi connectivity index (χ0) is 22.2. The van der Waals surface area contributed by atoms with Crippen molar-refractivity contribution in [2.75, 3.05) is 33.9 Å². The predicted molar refractivity (Wildman–Crippen MR) is 116 cm³/mol. The Balaban J connectivity index is 2.15. The van der Waals surface area contributed by atoms with E-state index in [1.807, 2.05) is 25.7 Å². The average molecular weight is 438 g/mol. The zero-order valence-corrected chi connectivity index (χ0v) is 18.7. The molecule has 0 bridgehead atoms. The molecule has 1 N–H and O–H groups in total. The van der Waals surface area contributed by atoms with Crippen molar-refractivity contribution in [1.29, 1.82) is 0 Å². The summed E-state index contributed by atoms with van der Waals surface area (Å²) in [6.07, 6.45) is -1.25. The summed E-state index contributed by atoms with van der Waals surface area (Å²) in [6.45, 7) is 7.90. The van der Waals surface area contributed by atoms with Crippen molar-refractivity contribution >= 4 is 33.6 Å². The number of hydrogen-bond acceptors (Lipinski definition) is 5. The summed E-state index contributed by atoms with van der Waals surface area (Å²) in [5.41, 5.74) is 0.169. The molecule has 0 atom stereocenters. The van der Waals surface area contributed by atoms with Crippen LogP contribution in [0.3, 0.4) is 0 Å². The molecule has 10 nitrogen and oxygen atoms in total. The Labute approximate surface area is 177 Å². The molecular formula is C19H27N5O5S. The van der Waals surface area contributed by atoms with Gasteiger partial charge in [0.15, 0.2) is 0 Å². The van der Waals surface area contributed by atoms with Crippen molar-refractivity contribution in [1.82, 2.24) is 18.9 Å². The number of carboxylic acid groups (broad SMARTS) is 1. The molecule has 0 aromatic carbocycles. The number of carbonyl (C=O) groups is 1. The van der Waals surface area contributed by atoms with E-state index in [1.54, 1.807) is 23.6 Å². The van der Waals surface area contributed by atoms with Gasteiger partial charge in [-0.2, -0.15) is 0 Å². The lowest BCUT2D eigenvalue weighted by Crippen LogP contribution is -2.41. The van der Waals surface area contributed by atoms with E-state index >= 15 is 0 Å². The summed E-state index contributed by atoms with van der Waals surface area (Å²) < 4.78 is 8.04. The topological polar surface area (TPSA) is 109 Å². The average Bonchev–Trinajstić information content (AvgIpc) is 3.16. The maximum atomic E-state index is 13.2. The quantitative estimate of drug-likeness (QED) is 0.730. The van der Waals surface area contributed by atoms with E-state index in [0.29, 0.717) is 49.0 Å². The van der Waals surface area contributed by atoms with Gasteiger partial charge in [-0.1, -0.05) is 0 Å². The maximum Gasteiger partial charge on any atom is 0.434 e. The first-order valence-electron chi connectivity index (χ1n) is 9.71. The Morgan fingerprint density at radius 3 is 2.60 bits per heavy atom. The molecule has 3 rings (SSSR count). The molecule has 1 aliphatic rings. The number of ether oxygens (including phenoxy) is 1. The van der Waals surface area contributed by atoms with Crippen LogP contribution in [0.4, 0.5) is 4.79 Å². The van der Waals surface area contributed by atoms with E-state index in [-0.39, 0.29) is 17.3 Å². The van der Waals surface area contributed by atoms with Gasteiger partial charge in [0.05, 0.1) is 25.1 Å². The lowest BCUT2D eigenvalue weighted by atomic mass is 10.2. The third-order valence-electron chi connectivity index (χ3n) is 5.24. The maximum absolute atomic E-state index is 13.2. The van der Waals surface area contributed by atoms with Crippen LogP contribution in [0.25, 0.3) is 10.2 Å². The van der Waals surface area contributed by atoms with Crippen LogP contribution < -0.4 is 11.2 Å². The Morgan fingerprint density at radius 2 is 2.00 bits per heavy atom. The van der Waals surface area contributed by atoms with Crippen molar-refractivity contribution in [2.45, 2.75) is 39.9 Å². The molecule has 0 unspecified atom stereocenters. The number of aryl methyl sites for hydroxylation is 1. The molecule has 30 heavy (non-hydrogen) atoms. The number of guanidine groups is 1. The Morgan fingerprint density at radius 1 is 1.30 bits per heavy atom. The van der Waals surface area contributed by atoms with Crippen LogP contribution in [0.2, 0.25) is 0 Å². The fraction of sp³-hybridized carbons (Fsp3) is 0.579. The molecule has 1 saturated heterocycles. The number of thiophene rings is 1. The minimum absolute atomic E-state index is 0.271. The smallest absolute Gasteiger partial charge is 0.434 e. The molecule has 164 valence electrons. The van der Waals surface area contributed by atoms with Crippen LogP contribution in [0.15, 0.2) is 14.6 Å². The second-order valence-corrected chi connectivity index (χ2v) is 8.65. The first-order valence-corrected chi connectivity index (χ1v) is 10.5. The van der Waals surface area contributed by atoms with Crippen molar-refractivity contribution in [3.63, 3.8) is 0 Å². The van der Waals surface area contributed by atoms with Gasteiger partial charge in [-0.3, -0.25) is 13.9 Å². The van der Waals surface area contributed by atoms with Gasteiger partial charge >= 0.3 is 11.8 Å². The van der Waals surface area contributed by atoms with E-state index < -0.39 is 6.09 Å². The van der Waals surface area contributed by atoms with Gasteiger partial charge in [-0.15, -0.1) is 16.3 Å². The summed E-state index contributed by atoms with van der Waals surface area (Å²) in [7, 11) is 3.36. The lowest BCUT2D eigenvalue weighted by Gasteiger charge is -2.19. The summed E-state index contributed by atoms with van der Waals surface area (Å²) in [5, 5.41) is 9.61. The standard InChI is InChI=1S/C19H27N5O5S/c1-11(2)24-15(25)14-12(3)13(30-16(14)23(19(24)28)8-9-29-5)10-22-7-6-21(4)17(22)20-18(26)27/h11H,6-10H2,1-5H3,(H,26,27). The SMILES string of the molecule is COCCn1c(=O)n(C(C)C)c(=O)c2c(C)c(CN3CCN(C)C3=NC(=O)O)sc21. The molecule has 2 aromatic heterocycles. The Kier molecular flexibility index (Phi) is 6.32. The molecule has 1 aliphatic heterocycles. The van der Waals surface area contributed by atoms with E-state index in [9.17, 15) is 14.4 Å². The number of fused-ring (bicyclic) bond motifs is 1. The van der Waals surface area contributed by atoms with E-state index in [0.717, 1.165) is 10.4 Å². The number of aromatic nitrogens is 2. The van der Waals surface area contributed by atoms with Crippen LogP contribution in [-0.2, 0) is 17.8 Å². The van der Waals surface area contributed by atoms with Crippen molar-refractivity contribution < 1.29 is 14.6 Å². The van der Waals surface area contributed by atoms with Gasteiger partial charge in [0.2, 0.25) is 5.96 Å². The first kappa shape index (κ1) is 22.0. The zero-order valence-electron chi connectivity index (χ0n) is 17.8. The highest BCUT2D eigenvalue weighted by Crippen LogP contribution is 2.30. The molecule has 11 heteroatoms. The molecule has 1 fully saturated rings. The number of hydrogen-bond donors (Lipinski definition) is 1. The summed E-state index contributed by atoms with van der Waals surface area (Å²) in [5.74, 6) is 0.385. The molecule has 0 spiro atoms. The number of aliphatic imine (C=N–C) groups is 1. The largest absolute Gasteiger partial charge is 0.463 e. The van der Waals surface area contributed by atoms with Crippen molar-refractivity contribution in [3.05, 3.63) is 31.3 Å². The van der Waals surface area contributed by atoms with Gasteiger partial charge < -0.3 is 19.6 Å². The predicted octanol–water partition coefficient (Wildman–Crippen LogP) is 1.54. The van der Waals surface area contributed by atoms with Gasteiger partial charge in [-0.25, -0.2) is 9.59 Å². The Bertz CT molecular complexity index is 1110. The number of rotatable bonds is 6. The minimum Gasteiger partial charge on any atom is -0.463 e. The van der Waals surface area contributed by atoms with E-state index in [1.165, 1.54) is 15.9 Å². The third-order valence-corrected chi connectivity index (χ3v) is 6.54. The normalized spacial score (nSPS) is 15.9. The van der Waals surface area contributed by atoms with Crippen LogP contribution in [0.1, 0.15) is 30.3 Å². The molecule has 0 radical (unpaired) electrons. The van der Waals surface area contributed by atoms with Crippen LogP contribution in [0.5, 0.6) is 0 Å². The molecule has 2 aromatic rings. The second kappa shape index (κ2) is 8.60. The third kappa shape index (κ3) is 3.86. The molecule has 1 amide bonds. The fourth-order valence-electron chi connectivity index (χ4n) is 3.67. The monoisotopic (exact) mass is 437 g/mol. The molecular weight excluding hydrogens is 410 g/mol. The number of amides is 1. The summed E-state index contributed by atoms with van der Waals surface area (Å²) in [6, 6.07) is -0.271. The molecule has 0 aliphatic carbocycles. The highest BCUT2D eigenvalue weighted by atomic mass is 32.1. The lowest BCUT2D eigenvalue weighted by molar-refractivity contribution is 0.186. The van der Waals surface area contributed by atoms with Gasteiger partial charge in [-0.05, 0) is 26.3 Å². The number of nitrogens with zero attached hydrogens (tertiary/aromatic N) is 5. The van der Waals surface area contributed by atoms with Gasteiger partial charge in [0.1, 0.15) is 4.83 Å². The van der Waals surface area contributed by atoms with Crippen LogP contribution >= 0.6 is 11.3 Å². The molecule has 3 heterocycles. The molecule has 0 saturated carbocycles. The van der Waals surface area contributed by atoms with Gasteiger partial charge in [0, 0.05) is 38.2 Å². The van der Waals surface area contributed by atoms with Crippen molar-refractivity contribution in [2.24, 2.45) is 4.99 Å². The summed E-state index contributed by atoms with van der Waals surface area (Å²) in [4.78, 5) is 46.2.